The first-order valence-corrected chi connectivity index (χ1v) is 6.41. The van der Waals surface area contributed by atoms with E-state index in [1.54, 1.807) is 0 Å². The van der Waals surface area contributed by atoms with Gasteiger partial charge in [0, 0.05) is 6.42 Å². The van der Waals surface area contributed by atoms with Crippen molar-refractivity contribution in [1.29, 1.82) is 0 Å². The Morgan fingerprint density at radius 1 is 1.41 bits per heavy atom. The van der Waals surface area contributed by atoms with E-state index in [-0.39, 0.29) is 24.5 Å². The second-order valence-electron chi connectivity index (χ2n) is 5.00. The van der Waals surface area contributed by atoms with Crippen molar-refractivity contribution in [3.8, 4) is 0 Å². The van der Waals surface area contributed by atoms with Crippen LogP contribution in [0.1, 0.15) is 38.5 Å². The number of aliphatic hydroxyl groups is 1. The Morgan fingerprint density at radius 2 is 2.12 bits per heavy atom. The third-order valence-corrected chi connectivity index (χ3v) is 3.80. The van der Waals surface area contributed by atoms with E-state index < -0.39 is 6.04 Å². The molecule has 0 aromatic heterocycles. The van der Waals surface area contributed by atoms with Gasteiger partial charge in [0.05, 0.1) is 12.6 Å². The molecule has 5 heteroatoms. The zero-order valence-electron chi connectivity index (χ0n) is 9.95. The summed E-state index contributed by atoms with van der Waals surface area (Å²) in [4.78, 5) is 22.9. The van der Waals surface area contributed by atoms with Crippen molar-refractivity contribution in [3.63, 3.8) is 0 Å². The topological polar surface area (TPSA) is 78.4 Å². The summed E-state index contributed by atoms with van der Waals surface area (Å²) in [5, 5.41) is 14.8. The third-order valence-electron chi connectivity index (χ3n) is 3.80. The van der Waals surface area contributed by atoms with Gasteiger partial charge in [0.15, 0.2) is 0 Å². The standard InChI is InChI=1S/C12H20N2O3/c15-7-10(8-3-1-2-4-8)14-12(17)9-5-6-11(16)13-9/h8-10,15H,1-7H2,(H,13,16)(H,14,17)/t9-,10?/m1/s1. The number of rotatable bonds is 4. The minimum Gasteiger partial charge on any atom is -0.394 e. The molecule has 1 aliphatic carbocycles. The van der Waals surface area contributed by atoms with Crippen molar-refractivity contribution in [2.75, 3.05) is 6.61 Å². The molecule has 96 valence electrons. The van der Waals surface area contributed by atoms with Crippen LogP contribution in [0.25, 0.3) is 0 Å². The molecular formula is C12H20N2O3. The van der Waals surface area contributed by atoms with Gasteiger partial charge in [-0.05, 0) is 25.2 Å². The Bertz CT molecular complexity index is 300. The zero-order valence-corrected chi connectivity index (χ0v) is 9.95. The van der Waals surface area contributed by atoms with Crippen LogP contribution in [0.4, 0.5) is 0 Å². The Kier molecular flexibility index (Phi) is 3.99. The lowest BCUT2D eigenvalue weighted by atomic mass is 9.98. The van der Waals surface area contributed by atoms with E-state index in [1.165, 1.54) is 12.8 Å². The van der Waals surface area contributed by atoms with Crippen LogP contribution in [0.3, 0.4) is 0 Å². The fourth-order valence-corrected chi connectivity index (χ4v) is 2.77. The molecule has 1 saturated heterocycles. The highest BCUT2D eigenvalue weighted by atomic mass is 16.3. The van der Waals surface area contributed by atoms with Gasteiger partial charge in [-0.1, -0.05) is 12.8 Å². The zero-order chi connectivity index (χ0) is 12.3. The summed E-state index contributed by atoms with van der Waals surface area (Å²) in [6.07, 6.45) is 5.48. The highest BCUT2D eigenvalue weighted by Gasteiger charge is 2.31. The first-order valence-electron chi connectivity index (χ1n) is 6.41. The number of hydrogen-bond acceptors (Lipinski definition) is 3. The smallest absolute Gasteiger partial charge is 0.242 e. The molecule has 3 N–H and O–H groups in total. The third kappa shape index (κ3) is 2.97. The molecule has 5 nitrogen and oxygen atoms in total. The SMILES string of the molecule is O=C1CC[C@H](C(=O)NC(CO)C2CCCC2)N1. The van der Waals surface area contributed by atoms with Gasteiger partial charge in [0.2, 0.25) is 11.8 Å². The van der Waals surface area contributed by atoms with E-state index in [9.17, 15) is 14.7 Å². The van der Waals surface area contributed by atoms with E-state index >= 15 is 0 Å². The van der Waals surface area contributed by atoms with Crippen molar-refractivity contribution in [2.45, 2.75) is 50.6 Å². The van der Waals surface area contributed by atoms with Gasteiger partial charge < -0.3 is 15.7 Å². The van der Waals surface area contributed by atoms with Crippen LogP contribution in [-0.2, 0) is 9.59 Å². The summed E-state index contributed by atoms with van der Waals surface area (Å²) in [6.45, 7) is -0.0168. The van der Waals surface area contributed by atoms with Crippen LogP contribution < -0.4 is 10.6 Å². The molecule has 2 aliphatic rings. The Morgan fingerprint density at radius 3 is 2.65 bits per heavy atom. The summed E-state index contributed by atoms with van der Waals surface area (Å²) in [5.74, 6) is 0.175. The molecule has 0 bridgehead atoms. The fraction of sp³-hybridized carbons (Fsp3) is 0.833. The first kappa shape index (κ1) is 12.4. The molecule has 1 saturated carbocycles. The number of hydrogen-bond donors (Lipinski definition) is 3. The maximum absolute atomic E-state index is 11.9. The minimum atomic E-state index is -0.405. The summed E-state index contributed by atoms with van der Waals surface area (Å²) in [7, 11) is 0. The fourth-order valence-electron chi connectivity index (χ4n) is 2.77. The van der Waals surface area contributed by atoms with Crippen molar-refractivity contribution >= 4 is 11.8 Å². The number of carbonyl (C=O) groups excluding carboxylic acids is 2. The maximum Gasteiger partial charge on any atom is 0.242 e. The predicted octanol–water partition coefficient (Wildman–Crippen LogP) is -0.0677. The van der Waals surface area contributed by atoms with E-state index in [1.807, 2.05) is 0 Å². The van der Waals surface area contributed by atoms with E-state index in [0.717, 1.165) is 12.8 Å². The average Bonchev–Trinajstić information content (AvgIpc) is 2.96. The lowest BCUT2D eigenvalue weighted by Gasteiger charge is -2.24. The molecule has 0 radical (unpaired) electrons. The highest BCUT2D eigenvalue weighted by Crippen LogP contribution is 2.27. The van der Waals surface area contributed by atoms with Gasteiger partial charge in [0.1, 0.15) is 6.04 Å². The second kappa shape index (κ2) is 5.49. The van der Waals surface area contributed by atoms with Crippen LogP contribution in [-0.4, -0.2) is 35.6 Å². The van der Waals surface area contributed by atoms with Crippen LogP contribution in [0, 0.1) is 5.92 Å². The molecule has 1 aliphatic heterocycles. The summed E-state index contributed by atoms with van der Waals surface area (Å²) < 4.78 is 0. The van der Waals surface area contributed by atoms with Gasteiger partial charge in [-0.25, -0.2) is 0 Å². The van der Waals surface area contributed by atoms with Crippen molar-refractivity contribution in [3.05, 3.63) is 0 Å². The van der Waals surface area contributed by atoms with Crippen LogP contribution >= 0.6 is 0 Å². The molecule has 2 fully saturated rings. The van der Waals surface area contributed by atoms with Crippen molar-refractivity contribution in [2.24, 2.45) is 5.92 Å². The summed E-state index contributed by atoms with van der Waals surface area (Å²) in [6, 6.07) is -0.555. The van der Waals surface area contributed by atoms with Gasteiger partial charge >= 0.3 is 0 Å². The number of amides is 2. The molecule has 1 unspecified atom stereocenters. The second-order valence-corrected chi connectivity index (χ2v) is 5.00. The Labute approximate surface area is 101 Å². The van der Waals surface area contributed by atoms with Gasteiger partial charge in [-0.3, -0.25) is 9.59 Å². The van der Waals surface area contributed by atoms with Crippen LogP contribution in [0.2, 0.25) is 0 Å². The largest absolute Gasteiger partial charge is 0.394 e. The van der Waals surface area contributed by atoms with Gasteiger partial charge in [-0.2, -0.15) is 0 Å². The van der Waals surface area contributed by atoms with Gasteiger partial charge in [0.25, 0.3) is 0 Å². The van der Waals surface area contributed by atoms with E-state index in [0.29, 0.717) is 18.8 Å². The Balaban J connectivity index is 1.85. The molecule has 2 atom stereocenters. The minimum absolute atomic E-state index is 0.0168. The van der Waals surface area contributed by atoms with Crippen molar-refractivity contribution in [1.82, 2.24) is 10.6 Å². The monoisotopic (exact) mass is 240 g/mol. The molecular weight excluding hydrogens is 220 g/mol. The number of carbonyl (C=O) groups is 2. The lowest BCUT2D eigenvalue weighted by Crippen LogP contribution is -2.49. The molecule has 2 amide bonds. The van der Waals surface area contributed by atoms with Gasteiger partial charge in [-0.15, -0.1) is 0 Å². The quantitative estimate of drug-likeness (QED) is 0.644. The molecule has 17 heavy (non-hydrogen) atoms. The normalized spacial score (nSPS) is 26.9. The van der Waals surface area contributed by atoms with Crippen LogP contribution in [0.15, 0.2) is 0 Å². The van der Waals surface area contributed by atoms with E-state index in [4.69, 9.17) is 0 Å². The number of nitrogens with one attached hydrogen (secondary N) is 2. The van der Waals surface area contributed by atoms with E-state index in [2.05, 4.69) is 10.6 Å². The molecule has 1 heterocycles. The molecule has 0 aromatic carbocycles. The highest BCUT2D eigenvalue weighted by molar-refractivity contribution is 5.90. The lowest BCUT2D eigenvalue weighted by molar-refractivity contribution is -0.126. The predicted molar refractivity (Wildman–Crippen MR) is 62.1 cm³/mol. The van der Waals surface area contributed by atoms with Crippen molar-refractivity contribution < 1.29 is 14.7 Å². The molecule has 0 spiro atoms. The summed E-state index contributed by atoms with van der Waals surface area (Å²) >= 11 is 0. The molecule has 0 aromatic rings. The molecule has 2 rings (SSSR count). The first-order chi connectivity index (χ1) is 8.20. The maximum atomic E-state index is 11.9. The summed E-state index contributed by atoms with van der Waals surface area (Å²) in [5.41, 5.74) is 0. The van der Waals surface area contributed by atoms with Crippen LogP contribution in [0.5, 0.6) is 0 Å². The average molecular weight is 240 g/mol. The number of aliphatic hydroxyl groups excluding tert-OH is 1. The Hall–Kier alpha value is -1.10.